The molecule has 1 aliphatic heterocycles. The molecule has 1 N–H and O–H groups in total. The van der Waals surface area contributed by atoms with Crippen LogP contribution in [-0.2, 0) is 28.6 Å². The van der Waals surface area contributed by atoms with Crippen LogP contribution in [0.2, 0.25) is 0 Å². The standard InChI is InChI=1S/C19H22O7/c1-7-12-6-13(24-10(4)20)8(2)14(12)18-15(9(3)19(23)26-18)16(22)17(7)25-11(5)21/h12-18,22H,1-3,6H2,4-5H3. The lowest BCUT2D eigenvalue weighted by Gasteiger charge is -2.28. The summed E-state index contributed by atoms with van der Waals surface area (Å²) in [5.74, 6) is -3.11. The maximum Gasteiger partial charge on any atom is 0.334 e. The molecule has 3 aliphatic rings. The Kier molecular flexibility index (Phi) is 4.52. The highest BCUT2D eigenvalue weighted by atomic mass is 16.6. The van der Waals surface area contributed by atoms with Gasteiger partial charge in [-0.1, -0.05) is 19.7 Å². The van der Waals surface area contributed by atoms with Gasteiger partial charge in [0.25, 0.3) is 0 Å². The van der Waals surface area contributed by atoms with E-state index in [4.69, 9.17) is 14.2 Å². The second-order valence-corrected chi connectivity index (χ2v) is 7.06. The highest BCUT2D eigenvalue weighted by Gasteiger charge is 2.59. The fraction of sp³-hybridized carbons (Fsp3) is 0.526. The molecule has 0 aromatic carbocycles. The summed E-state index contributed by atoms with van der Waals surface area (Å²) < 4.78 is 16.1. The zero-order chi connectivity index (χ0) is 19.3. The number of carbonyl (C=O) groups is 3. The van der Waals surface area contributed by atoms with Crippen molar-refractivity contribution in [2.24, 2.45) is 17.8 Å². The molecule has 7 nitrogen and oxygen atoms in total. The maximum atomic E-state index is 12.1. The first-order valence-corrected chi connectivity index (χ1v) is 8.43. The fourth-order valence-electron chi connectivity index (χ4n) is 4.39. The first-order valence-electron chi connectivity index (χ1n) is 8.43. The van der Waals surface area contributed by atoms with Crippen molar-refractivity contribution in [1.29, 1.82) is 0 Å². The van der Waals surface area contributed by atoms with Crippen molar-refractivity contribution in [3.8, 4) is 0 Å². The van der Waals surface area contributed by atoms with Gasteiger partial charge in [-0.05, 0) is 23.5 Å². The Morgan fingerprint density at radius 1 is 1.08 bits per heavy atom. The molecule has 3 fully saturated rings. The van der Waals surface area contributed by atoms with Crippen molar-refractivity contribution in [2.75, 3.05) is 0 Å². The van der Waals surface area contributed by atoms with Crippen LogP contribution in [0.3, 0.4) is 0 Å². The summed E-state index contributed by atoms with van der Waals surface area (Å²) in [5, 5.41) is 10.8. The monoisotopic (exact) mass is 362 g/mol. The fourth-order valence-corrected chi connectivity index (χ4v) is 4.39. The Hall–Kier alpha value is -2.41. The second-order valence-electron chi connectivity index (χ2n) is 7.06. The maximum absolute atomic E-state index is 12.1. The van der Waals surface area contributed by atoms with Gasteiger partial charge in [0.1, 0.15) is 24.4 Å². The minimum Gasteiger partial charge on any atom is -0.458 e. The number of rotatable bonds is 2. The van der Waals surface area contributed by atoms with Gasteiger partial charge in [-0.25, -0.2) is 4.79 Å². The van der Waals surface area contributed by atoms with Crippen LogP contribution in [0.15, 0.2) is 36.5 Å². The summed E-state index contributed by atoms with van der Waals surface area (Å²) in [5.41, 5.74) is 1.21. The Balaban J connectivity index is 2.04. The first kappa shape index (κ1) is 18.4. The van der Waals surface area contributed by atoms with Gasteiger partial charge >= 0.3 is 17.9 Å². The Morgan fingerprint density at radius 2 is 1.69 bits per heavy atom. The van der Waals surface area contributed by atoms with Gasteiger partial charge in [-0.3, -0.25) is 9.59 Å². The van der Waals surface area contributed by atoms with E-state index in [1.54, 1.807) is 0 Å². The van der Waals surface area contributed by atoms with Gasteiger partial charge in [-0.15, -0.1) is 0 Å². The van der Waals surface area contributed by atoms with Gasteiger partial charge in [0.05, 0.1) is 5.92 Å². The van der Waals surface area contributed by atoms with Crippen LogP contribution in [-0.4, -0.2) is 47.4 Å². The quantitative estimate of drug-likeness (QED) is 0.339. The van der Waals surface area contributed by atoms with E-state index in [2.05, 4.69) is 19.7 Å². The number of fused-ring (bicyclic) bond motifs is 3. The zero-order valence-corrected chi connectivity index (χ0v) is 14.8. The van der Waals surface area contributed by atoms with Gasteiger partial charge in [0, 0.05) is 25.3 Å². The van der Waals surface area contributed by atoms with Gasteiger partial charge in [-0.2, -0.15) is 0 Å². The topological polar surface area (TPSA) is 99.1 Å². The van der Waals surface area contributed by atoms with Crippen molar-refractivity contribution in [2.45, 2.75) is 44.7 Å². The SMILES string of the molecule is C=C1C2CC(OC(C)=O)C(=C)C2C2OC(=O)C(=C)C2C(O)C1OC(C)=O. The van der Waals surface area contributed by atoms with Crippen LogP contribution in [0, 0.1) is 17.8 Å². The second kappa shape index (κ2) is 6.39. The van der Waals surface area contributed by atoms with E-state index in [9.17, 15) is 19.5 Å². The lowest BCUT2D eigenvalue weighted by molar-refractivity contribution is -0.152. The summed E-state index contributed by atoms with van der Waals surface area (Å²) in [7, 11) is 0. The van der Waals surface area contributed by atoms with Gasteiger partial charge < -0.3 is 19.3 Å². The number of aliphatic hydroxyl groups is 1. The highest BCUT2D eigenvalue weighted by molar-refractivity contribution is 5.91. The third-order valence-corrected chi connectivity index (χ3v) is 5.48. The summed E-state index contributed by atoms with van der Waals surface area (Å²) >= 11 is 0. The molecule has 7 atom stereocenters. The molecule has 7 unspecified atom stereocenters. The molecule has 1 saturated heterocycles. The molecule has 0 radical (unpaired) electrons. The summed E-state index contributed by atoms with van der Waals surface area (Å²) in [6.45, 7) is 14.4. The van der Waals surface area contributed by atoms with Crippen LogP contribution in [0.25, 0.3) is 0 Å². The number of carbonyl (C=O) groups excluding carboxylic acids is 3. The molecule has 7 heteroatoms. The predicted octanol–water partition coefficient (Wildman–Crippen LogP) is 1.07. The van der Waals surface area contributed by atoms with Crippen molar-refractivity contribution >= 4 is 17.9 Å². The number of aliphatic hydroxyl groups excluding tert-OH is 1. The smallest absolute Gasteiger partial charge is 0.334 e. The number of ether oxygens (including phenoxy) is 3. The lowest BCUT2D eigenvalue weighted by Crippen LogP contribution is -2.40. The molecule has 140 valence electrons. The minimum absolute atomic E-state index is 0.122. The molecule has 0 spiro atoms. The first-order chi connectivity index (χ1) is 12.1. The zero-order valence-electron chi connectivity index (χ0n) is 14.8. The van der Waals surface area contributed by atoms with Gasteiger partial charge in [0.2, 0.25) is 0 Å². The van der Waals surface area contributed by atoms with E-state index in [-0.39, 0.29) is 11.5 Å². The molecule has 26 heavy (non-hydrogen) atoms. The summed E-state index contributed by atoms with van der Waals surface area (Å²) in [6.07, 6.45) is -3.12. The molecule has 0 aromatic heterocycles. The molecule has 0 aromatic rings. The van der Waals surface area contributed by atoms with E-state index in [1.807, 2.05) is 0 Å². The Morgan fingerprint density at radius 3 is 2.27 bits per heavy atom. The van der Waals surface area contributed by atoms with E-state index in [1.165, 1.54) is 13.8 Å². The molecule has 0 bridgehead atoms. The number of hydrogen-bond acceptors (Lipinski definition) is 7. The van der Waals surface area contributed by atoms with Crippen LogP contribution in [0.5, 0.6) is 0 Å². The van der Waals surface area contributed by atoms with Crippen molar-refractivity contribution < 1.29 is 33.7 Å². The molecule has 0 amide bonds. The third-order valence-electron chi connectivity index (χ3n) is 5.48. The summed E-state index contributed by atoms with van der Waals surface area (Å²) in [6, 6.07) is 0. The normalized spacial score (nSPS) is 39.0. The lowest BCUT2D eigenvalue weighted by atomic mass is 9.81. The van der Waals surface area contributed by atoms with Crippen molar-refractivity contribution in [3.63, 3.8) is 0 Å². The molecule has 3 rings (SSSR count). The predicted molar refractivity (Wildman–Crippen MR) is 89.5 cm³/mol. The van der Waals surface area contributed by atoms with Gasteiger partial charge in [0.15, 0.2) is 0 Å². The van der Waals surface area contributed by atoms with E-state index < -0.39 is 54.2 Å². The van der Waals surface area contributed by atoms with Crippen LogP contribution >= 0.6 is 0 Å². The molecule has 2 aliphatic carbocycles. The van der Waals surface area contributed by atoms with Crippen molar-refractivity contribution in [3.05, 3.63) is 36.5 Å². The van der Waals surface area contributed by atoms with Crippen molar-refractivity contribution in [1.82, 2.24) is 0 Å². The van der Waals surface area contributed by atoms with E-state index in [0.29, 0.717) is 17.6 Å². The van der Waals surface area contributed by atoms with Crippen LogP contribution < -0.4 is 0 Å². The molecule has 1 heterocycles. The van der Waals surface area contributed by atoms with E-state index >= 15 is 0 Å². The average Bonchev–Trinajstić information content (AvgIpc) is 2.98. The average molecular weight is 362 g/mol. The molecular weight excluding hydrogens is 340 g/mol. The third kappa shape index (κ3) is 2.76. The summed E-state index contributed by atoms with van der Waals surface area (Å²) in [4.78, 5) is 35.0. The molecular formula is C19H22O7. The van der Waals surface area contributed by atoms with Crippen LogP contribution in [0.1, 0.15) is 20.3 Å². The minimum atomic E-state index is -1.21. The number of hydrogen-bond donors (Lipinski definition) is 1. The number of esters is 3. The van der Waals surface area contributed by atoms with Crippen LogP contribution in [0.4, 0.5) is 0 Å². The van der Waals surface area contributed by atoms with E-state index in [0.717, 1.165) is 0 Å². The Labute approximate surface area is 151 Å². The largest absolute Gasteiger partial charge is 0.458 e. The highest BCUT2D eigenvalue weighted by Crippen LogP contribution is 2.53. The molecule has 2 saturated carbocycles. The Bertz CT molecular complexity index is 721.